The topological polar surface area (TPSA) is 50.3 Å². The average Bonchev–Trinajstić information content (AvgIpc) is 2.73. The zero-order chi connectivity index (χ0) is 13.4. The van der Waals surface area contributed by atoms with E-state index in [0.717, 1.165) is 42.7 Å². The minimum Gasteiger partial charge on any atom is -0.497 e. The van der Waals surface area contributed by atoms with Crippen LogP contribution < -0.4 is 10.4 Å². The summed E-state index contributed by atoms with van der Waals surface area (Å²) in [4.78, 5) is 17.4. The van der Waals surface area contributed by atoms with Crippen molar-refractivity contribution in [2.75, 3.05) is 27.2 Å². The number of methoxy groups -OCH3 is 1. The first-order valence-corrected chi connectivity index (χ1v) is 6.66. The molecule has 1 aromatic carbocycles. The molecule has 1 atom stereocenters. The molecule has 0 spiro atoms. The van der Waals surface area contributed by atoms with Gasteiger partial charge in [-0.3, -0.25) is 4.57 Å². The number of ether oxygens (including phenoxy) is 1. The molecule has 0 aliphatic carbocycles. The fourth-order valence-corrected chi connectivity index (χ4v) is 2.94. The summed E-state index contributed by atoms with van der Waals surface area (Å²) in [6.07, 6.45) is 2.18. The molecule has 2 heterocycles. The van der Waals surface area contributed by atoms with Gasteiger partial charge < -0.3 is 14.6 Å². The molecule has 1 N–H and O–H groups in total. The zero-order valence-corrected chi connectivity index (χ0v) is 11.3. The highest BCUT2D eigenvalue weighted by atomic mass is 16.5. The Morgan fingerprint density at radius 2 is 2.26 bits per heavy atom. The minimum absolute atomic E-state index is 0.0245. The quantitative estimate of drug-likeness (QED) is 0.893. The maximum Gasteiger partial charge on any atom is 0.326 e. The van der Waals surface area contributed by atoms with Crippen molar-refractivity contribution in [3.8, 4) is 5.75 Å². The van der Waals surface area contributed by atoms with Crippen LogP contribution >= 0.6 is 0 Å². The lowest BCUT2D eigenvalue weighted by Crippen LogP contribution is -2.36. The molecule has 19 heavy (non-hydrogen) atoms. The van der Waals surface area contributed by atoms with Gasteiger partial charge in [-0.05, 0) is 38.6 Å². The Bertz CT molecular complexity index is 644. The Kier molecular flexibility index (Phi) is 3.06. The van der Waals surface area contributed by atoms with Gasteiger partial charge in [0, 0.05) is 12.6 Å². The maximum absolute atomic E-state index is 12.2. The highest BCUT2D eigenvalue weighted by molar-refractivity contribution is 5.77. The van der Waals surface area contributed by atoms with E-state index in [1.54, 1.807) is 7.11 Å². The second-order valence-corrected chi connectivity index (χ2v) is 5.24. The number of nitrogens with zero attached hydrogens (tertiary/aromatic N) is 2. The number of nitrogens with one attached hydrogen (secondary N) is 1. The molecule has 1 fully saturated rings. The Balaban J connectivity index is 2.10. The fraction of sp³-hybridized carbons (Fsp3) is 0.500. The number of imidazole rings is 1. The van der Waals surface area contributed by atoms with Crippen molar-refractivity contribution < 1.29 is 4.74 Å². The van der Waals surface area contributed by atoms with E-state index >= 15 is 0 Å². The first-order chi connectivity index (χ1) is 9.19. The predicted octanol–water partition coefficient (Wildman–Crippen LogP) is 1.60. The largest absolute Gasteiger partial charge is 0.497 e. The van der Waals surface area contributed by atoms with Gasteiger partial charge in [0.05, 0.1) is 24.2 Å². The first-order valence-electron chi connectivity index (χ1n) is 6.66. The van der Waals surface area contributed by atoms with Crippen LogP contribution in [0.5, 0.6) is 5.75 Å². The predicted molar refractivity (Wildman–Crippen MR) is 74.9 cm³/mol. The Morgan fingerprint density at radius 3 is 3.00 bits per heavy atom. The number of benzene rings is 1. The van der Waals surface area contributed by atoms with Gasteiger partial charge in [0.2, 0.25) is 0 Å². The molecular weight excluding hydrogens is 242 g/mol. The fourth-order valence-electron chi connectivity index (χ4n) is 2.94. The molecule has 1 aromatic heterocycles. The van der Waals surface area contributed by atoms with Crippen molar-refractivity contribution in [3.05, 3.63) is 28.7 Å². The zero-order valence-electron chi connectivity index (χ0n) is 11.3. The van der Waals surface area contributed by atoms with Gasteiger partial charge in [-0.2, -0.15) is 0 Å². The van der Waals surface area contributed by atoms with Gasteiger partial charge in [0.15, 0.2) is 0 Å². The van der Waals surface area contributed by atoms with Crippen molar-refractivity contribution in [2.45, 2.75) is 18.9 Å². The van der Waals surface area contributed by atoms with Crippen LogP contribution in [0.25, 0.3) is 11.0 Å². The summed E-state index contributed by atoms with van der Waals surface area (Å²) in [5.74, 6) is 0.782. The summed E-state index contributed by atoms with van der Waals surface area (Å²) in [5.41, 5.74) is 1.78. The third-order valence-electron chi connectivity index (χ3n) is 3.89. The van der Waals surface area contributed by atoms with E-state index in [1.165, 1.54) is 0 Å². The smallest absolute Gasteiger partial charge is 0.326 e. The molecule has 1 unspecified atom stereocenters. The highest BCUT2D eigenvalue weighted by Gasteiger charge is 2.22. The minimum atomic E-state index is -0.0245. The van der Waals surface area contributed by atoms with Crippen molar-refractivity contribution in [3.63, 3.8) is 0 Å². The van der Waals surface area contributed by atoms with Crippen LogP contribution in [-0.2, 0) is 0 Å². The lowest BCUT2D eigenvalue weighted by atomic mass is 10.1. The second-order valence-electron chi connectivity index (χ2n) is 5.24. The Labute approximate surface area is 111 Å². The van der Waals surface area contributed by atoms with Gasteiger partial charge in [0.25, 0.3) is 0 Å². The molecule has 5 heteroatoms. The summed E-state index contributed by atoms with van der Waals surface area (Å²) in [7, 11) is 3.75. The summed E-state index contributed by atoms with van der Waals surface area (Å²) < 4.78 is 7.14. The lowest BCUT2D eigenvalue weighted by molar-refractivity contribution is 0.212. The van der Waals surface area contributed by atoms with Gasteiger partial charge in [0.1, 0.15) is 5.75 Å². The molecule has 0 radical (unpaired) electrons. The van der Waals surface area contributed by atoms with Gasteiger partial charge in [-0.25, -0.2) is 4.79 Å². The van der Waals surface area contributed by atoms with E-state index in [2.05, 4.69) is 16.9 Å². The second kappa shape index (κ2) is 4.74. The van der Waals surface area contributed by atoms with Gasteiger partial charge in [-0.15, -0.1) is 0 Å². The number of H-pyrrole nitrogens is 1. The summed E-state index contributed by atoms with van der Waals surface area (Å²) in [6, 6.07) is 5.95. The molecular formula is C14H19N3O2. The van der Waals surface area contributed by atoms with Crippen LogP contribution in [-0.4, -0.2) is 41.7 Å². The maximum atomic E-state index is 12.2. The van der Waals surface area contributed by atoms with Crippen LogP contribution in [0.4, 0.5) is 0 Å². The summed E-state index contributed by atoms with van der Waals surface area (Å²) in [6.45, 7) is 2.03. The van der Waals surface area contributed by atoms with E-state index < -0.39 is 0 Å². The number of hydrogen-bond acceptors (Lipinski definition) is 3. The molecule has 3 rings (SSSR count). The Hall–Kier alpha value is -1.75. The average molecular weight is 261 g/mol. The lowest BCUT2D eigenvalue weighted by Gasteiger charge is -2.30. The number of piperidine rings is 1. The number of rotatable bonds is 2. The van der Waals surface area contributed by atoms with Crippen LogP contribution in [0.1, 0.15) is 18.9 Å². The molecule has 0 bridgehead atoms. The van der Waals surface area contributed by atoms with E-state index in [4.69, 9.17) is 4.74 Å². The highest BCUT2D eigenvalue weighted by Crippen LogP contribution is 2.25. The molecule has 0 amide bonds. The van der Waals surface area contributed by atoms with E-state index in [1.807, 2.05) is 22.8 Å². The first kappa shape index (κ1) is 12.3. The van der Waals surface area contributed by atoms with Crippen LogP contribution in [0.2, 0.25) is 0 Å². The van der Waals surface area contributed by atoms with E-state index in [-0.39, 0.29) is 11.7 Å². The molecule has 1 saturated heterocycles. The third-order valence-corrected chi connectivity index (χ3v) is 3.89. The van der Waals surface area contributed by atoms with Gasteiger partial charge >= 0.3 is 5.69 Å². The summed E-state index contributed by atoms with van der Waals surface area (Å²) in [5, 5.41) is 0. The Morgan fingerprint density at radius 1 is 1.42 bits per heavy atom. The SMILES string of the molecule is COc1ccc2[nH]c(=O)n(C3CCCN(C)C3)c2c1. The monoisotopic (exact) mass is 261 g/mol. The number of fused-ring (bicyclic) bond motifs is 1. The summed E-state index contributed by atoms with van der Waals surface area (Å²) >= 11 is 0. The number of likely N-dealkylation sites (N-methyl/N-ethyl adjacent to an activating group) is 1. The van der Waals surface area contributed by atoms with E-state index in [9.17, 15) is 4.79 Å². The molecule has 5 nitrogen and oxygen atoms in total. The third kappa shape index (κ3) is 2.14. The van der Waals surface area contributed by atoms with Crippen LogP contribution in [0.15, 0.2) is 23.0 Å². The number of likely N-dealkylation sites (tertiary alicyclic amines) is 1. The van der Waals surface area contributed by atoms with Crippen molar-refractivity contribution in [1.29, 1.82) is 0 Å². The molecule has 1 aliphatic rings. The van der Waals surface area contributed by atoms with Gasteiger partial charge in [-0.1, -0.05) is 0 Å². The molecule has 0 saturated carbocycles. The number of aromatic amines is 1. The van der Waals surface area contributed by atoms with Crippen molar-refractivity contribution in [2.24, 2.45) is 0 Å². The van der Waals surface area contributed by atoms with Crippen molar-refractivity contribution >= 4 is 11.0 Å². The normalized spacial score (nSPS) is 20.8. The molecule has 1 aliphatic heterocycles. The standard InChI is InChI=1S/C14H19N3O2/c1-16-7-3-4-10(9-16)17-13-8-11(19-2)5-6-12(13)15-14(17)18/h5-6,8,10H,3-4,7,9H2,1-2H3,(H,15,18). The van der Waals surface area contributed by atoms with E-state index in [0.29, 0.717) is 0 Å². The number of hydrogen-bond donors (Lipinski definition) is 1. The van der Waals surface area contributed by atoms with Crippen LogP contribution in [0.3, 0.4) is 0 Å². The molecule has 2 aromatic rings. The van der Waals surface area contributed by atoms with Crippen molar-refractivity contribution in [1.82, 2.24) is 14.5 Å². The number of aromatic nitrogens is 2. The molecule has 102 valence electrons. The van der Waals surface area contributed by atoms with Crippen LogP contribution in [0, 0.1) is 0 Å².